The number of nitrogens with zero attached hydrogens (tertiary/aromatic N) is 1. The van der Waals surface area contributed by atoms with Crippen LogP contribution in [0.15, 0.2) is 0 Å². The summed E-state index contributed by atoms with van der Waals surface area (Å²) < 4.78 is 0. The standard InChI is InChI=1S/C12H24N2O.ClH/c1-4-5-6-7-14(10(2)3)12(15)11-8-13-9-11;/h10-11,13H,4-9H2,1-3H3;1H. The fourth-order valence-electron chi connectivity index (χ4n) is 1.85. The van der Waals surface area contributed by atoms with Gasteiger partial charge in [-0.25, -0.2) is 0 Å². The molecule has 0 atom stereocenters. The number of amides is 1. The predicted molar refractivity (Wildman–Crippen MR) is 70.0 cm³/mol. The van der Waals surface area contributed by atoms with E-state index in [1.54, 1.807) is 0 Å². The summed E-state index contributed by atoms with van der Waals surface area (Å²) in [4.78, 5) is 14.1. The lowest BCUT2D eigenvalue weighted by Gasteiger charge is -2.34. The molecular formula is C12H25ClN2O. The van der Waals surface area contributed by atoms with Gasteiger partial charge in [0.25, 0.3) is 0 Å². The predicted octanol–water partition coefficient (Wildman–Crippen LogP) is 2.05. The van der Waals surface area contributed by atoms with E-state index in [9.17, 15) is 4.79 Å². The molecule has 0 aliphatic carbocycles. The average Bonchev–Trinajstić information content (AvgIpc) is 2.08. The Labute approximate surface area is 105 Å². The molecule has 96 valence electrons. The van der Waals surface area contributed by atoms with E-state index >= 15 is 0 Å². The van der Waals surface area contributed by atoms with Crippen molar-refractivity contribution < 1.29 is 4.79 Å². The summed E-state index contributed by atoms with van der Waals surface area (Å²) in [7, 11) is 0. The third kappa shape index (κ3) is 4.30. The number of nitrogens with one attached hydrogen (secondary N) is 1. The maximum absolute atomic E-state index is 12.0. The average molecular weight is 249 g/mol. The smallest absolute Gasteiger partial charge is 0.228 e. The van der Waals surface area contributed by atoms with E-state index in [1.807, 2.05) is 4.90 Å². The lowest BCUT2D eigenvalue weighted by atomic mass is 10.0. The maximum atomic E-state index is 12.0. The van der Waals surface area contributed by atoms with Crippen molar-refractivity contribution in [2.24, 2.45) is 5.92 Å². The van der Waals surface area contributed by atoms with E-state index in [4.69, 9.17) is 0 Å². The molecule has 1 heterocycles. The lowest BCUT2D eigenvalue weighted by molar-refractivity contribution is -0.138. The van der Waals surface area contributed by atoms with Crippen LogP contribution < -0.4 is 5.32 Å². The van der Waals surface area contributed by atoms with E-state index in [-0.39, 0.29) is 18.3 Å². The zero-order valence-electron chi connectivity index (χ0n) is 10.7. The van der Waals surface area contributed by atoms with Gasteiger partial charge in [-0.15, -0.1) is 12.4 Å². The minimum Gasteiger partial charge on any atom is -0.340 e. The molecule has 1 fully saturated rings. The van der Waals surface area contributed by atoms with Gasteiger partial charge in [0.05, 0.1) is 5.92 Å². The van der Waals surface area contributed by atoms with Gasteiger partial charge >= 0.3 is 0 Å². The third-order valence-electron chi connectivity index (χ3n) is 3.04. The molecule has 1 N–H and O–H groups in total. The Balaban J connectivity index is 0.00000225. The monoisotopic (exact) mass is 248 g/mol. The van der Waals surface area contributed by atoms with Crippen LogP contribution in [0.5, 0.6) is 0 Å². The molecule has 1 aliphatic rings. The Bertz CT molecular complexity index is 205. The summed E-state index contributed by atoms with van der Waals surface area (Å²) >= 11 is 0. The highest BCUT2D eigenvalue weighted by Gasteiger charge is 2.29. The van der Waals surface area contributed by atoms with Gasteiger partial charge in [0.1, 0.15) is 0 Å². The van der Waals surface area contributed by atoms with Crippen LogP contribution >= 0.6 is 12.4 Å². The van der Waals surface area contributed by atoms with Crippen LogP contribution in [0.1, 0.15) is 40.0 Å². The normalized spacial score (nSPS) is 15.5. The van der Waals surface area contributed by atoms with Gasteiger partial charge in [0, 0.05) is 25.7 Å². The molecule has 16 heavy (non-hydrogen) atoms. The number of hydrogen-bond donors (Lipinski definition) is 1. The van der Waals surface area contributed by atoms with Gasteiger partial charge < -0.3 is 10.2 Å². The molecule has 0 aromatic heterocycles. The first-order valence-corrected chi connectivity index (χ1v) is 6.18. The number of carbonyl (C=O) groups is 1. The van der Waals surface area contributed by atoms with E-state index in [2.05, 4.69) is 26.1 Å². The molecule has 0 unspecified atom stereocenters. The molecule has 0 spiro atoms. The van der Waals surface area contributed by atoms with Crippen molar-refractivity contribution in [1.29, 1.82) is 0 Å². The van der Waals surface area contributed by atoms with Crippen LogP contribution in [0.3, 0.4) is 0 Å². The molecule has 0 radical (unpaired) electrons. The fourth-order valence-corrected chi connectivity index (χ4v) is 1.85. The van der Waals surface area contributed by atoms with E-state index < -0.39 is 0 Å². The molecule has 1 amide bonds. The van der Waals surface area contributed by atoms with Crippen molar-refractivity contribution in [2.75, 3.05) is 19.6 Å². The highest BCUT2D eigenvalue weighted by molar-refractivity contribution is 5.85. The molecule has 1 saturated heterocycles. The quantitative estimate of drug-likeness (QED) is 0.730. The molecule has 1 aliphatic heterocycles. The first-order valence-electron chi connectivity index (χ1n) is 6.18. The first-order chi connectivity index (χ1) is 7.16. The maximum Gasteiger partial charge on any atom is 0.228 e. The topological polar surface area (TPSA) is 32.3 Å². The van der Waals surface area contributed by atoms with E-state index in [0.29, 0.717) is 11.9 Å². The molecule has 3 nitrogen and oxygen atoms in total. The van der Waals surface area contributed by atoms with Gasteiger partial charge in [0.15, 0.2) is 0 Å². The zero-order chi connectivity index (χ0) is 11.3. The van der Waals surface area contributed by atoms with Crippen molar-refractivity contribution in [1.82, 2.24) is 10.2 Å². The minimum atomic E-state index is 0. The van der Waals surface area contributed by atoms with Gasteiger partial charge in [-0.1, -0.05) is 19.8 Å². The van der Waals surface area contributed by atoms with Crippen molar-refractivity contribution in [3.8, 4) is 0 Å². The van der Waals surface area contributed by atoms with Crippen LogP contribution in [0.2, 0.25) is 0 Å². The molecule has 0 saturated carbocycles. The Morgan fingerprint density at radius 3 is 2.38 bits per heavy atom. The summed E-state index contributed by atoms with van der Waals surface area (Å²) in [5.74, 6) is 0.592. The van der Waals surface area contributed by atoms with Crippen molar-refractivity contribution in [2.45, 2.75) is 46.1 Å². The summed E-state index contributed by atoms with van der Waals surface area (Å²) in [5.41, 5.74) is 0. The Kier molecular flexibility index (Phi) is 7.77. The Morgan fingerprint density at radius 1 is 1.38 bits per heavy atom. The lowest BCUT2D eigenvalue weighted by Crippen LogP contribution is -2.53. The number of carbonyl (C=O) groups excluding carboxylic acids is 1. The minimum absolute atomic E-state index is 0. The number of hydrogen-bond acceptors (Lipinski definition) is 2. The van der Waals surface area contributed by atoms with Crippen molar-refractivity contribution in [3.63, 3.8) is 0 Å². The number of halogens is 1. The second-order valence-corrected chi connectivity index (χ2v) is 4.69. The highest BCUT2D eigenvalue weighted by Crippen LogP contribution is 2.12. The summed E-state index contributed by atoms with van der Waals surface area (Å²) in [6, 6.07) is 0.343. The van der Waals surface area contributed by atoms with Crippen LogP contribution in [-0.4, -0.2) is 36.5 Å². The van der Waals surface area contributed by atoms with Crippen molar-refractivity contribution in [3.05, 3.63) is 0 Å². The first kappa shape index (κ1) is 15.7. The summed E-state index contributed by atoms with van der Waals surface area (Å²) in [6.07, 6.45) is 3.57. The second kappa shape index (κ2) is 7.91. The summed E-state index contributed by atoms with van der Waals surface area (Å²) in [6.45, 7) is 9.08. The fraction of sp³-hybridized carbons (Fsp3) is 0.917. The van der Waals surface area contributed by atoms with Crippen LogP contribution in [0, 0.1) is 5.92 Å². The second-order valence-electron chi connectivity index (χ2n) is 4.69. The van der Waals surface area contributed by atoms with Gasteiger partial charge in [-0.3, -0.25) is 4.79 Å². The Morgan fingerprint density at radius 2 is 2.00 bits per heavy atom. The van der Waals surface area contributed by atoms with Gasteiger partial charge in [-0.2, -0.15) is 0 Å². The van der Waals surface area contributed by atoms with Crippen LogP contribution in [-0.2, 0) is 4.79 Å². The number of unbranched alkanes of at least 4 members (excludes halogenated alkanes) is 2. The number of rotatable bonds is 6. The SMILES string of the molecule is CCCCCN(C(=O)C1CNC1)C(C)C.Cl. The molecule has 0 bridgehead atoms. The van der Waals surface area contributed by atoms with Gasteiger partial charge in [0.2, 0.25) is 5.91 Å². The molecule has 1 rings (SSSR count). The van der Waals surface area contributed by atoms with Gasteiger partial charge in [-0.05, 0) is 20.3 Å². The molecular weight excluding hydrogens is 224 g/mol. The molecule has 4 heteroatoms. The molecule has 0 aromatic carbocycles. The summed E-state index contributed by atoms with van der Waals surface area (Å²) in [5, 5.41) is 3.16. The molecule has 0 aromatic rings. The zero-order valence-corrected chi connectivity index (χ0v) is 11.5. The van der Waals surface area contributed by atoms with Crippen LogP contribution in [0.25, 0.3) is 0 Å². The van der Waals surface area contributed by atoms with Crippen LogP contribution in [0.4, 0.5) is 0 Å². The Hall–Kier alpha value is -0.280. The largest absolute Gasteiger partial charge is 0.340 e. The van der Waals surface area contributed by atoms with E-state index in [0.717, 1.165) is 26.1 Å². The van der Waals surface area contributed by atoms with Crippen molar-refractivity contribution >= 4 is 18.3 Å². The highest BCUT2D eigenvalue weighted by atomic mass is 35.5. The third-order valence-corrected chi connectivity index (χ3v) is 3.04. The van der Waals surface area contributed by atoms with E-state index in [1.165, 1.54) is 12.8 Å².